The Morgan fingerprint density at radius 3 is 2.75 bits per heavy atom. The van der Waals surface area contributed by atoms with Crippen LogP contribution in [-0.4, -0.2) is 24.2 Å². The highest BCUT2D eigenvalue weighted by molar-refractivity contribution is 5.82. The zero-order valence-electron chi connectivity index (χ0n) is 8.46. The van der Waals surface area contributed by atoms with Gasteiger partial charge in [0.2, 0.25) is 0 Å². The molecule has 1 fully saturated rings. The average Bonchev–Trinajstić information content (AvgIpc) is 2.71. The van der Waals surface area contributed by atoms with Crippen LogP contribution in [0.2, 0.25) is 0 Å². The van der Waals surface area contributed by atoms with E-state index >= 15 is 0 Å². The van der Waals surface area contributed by atoms with Crippen molar-refractivity contribution in [2.45, 2.75) is 11.8 Å². The van der Waals surface area contributed by atoms with Gasteiger partial charge in [0.25, 0.3) is 0 Å². The maximum absolute atomic E-state index is 13.6. The van der Waals surface area contributed by atoms with Gasteiger partial charge in [0.1, 0.15) is 17.0 Å². The Kier molecular flexibility index (Phi) is 2.63. The molecule has 2 rings (SSSR count). The summed E-state index contributed by atoms with van der Waals surface area (Å²) < 4.78 is 26.6. The second-order valence-electron chi connectivity index (χ2n) is 3.94. The van der Waals surface area contributed by atoms with E-state index in [9.17, 15) is 18.7 Å². The zero-order chi connectivity index (χ0) is 11.8. The van der Waals surface area contributed by atoms with Crippen LogP contribution in [0.5, 0.6) is 0 Å². The minimum Gasteiger partial charge on any atom is -0.481 e. The summed E-state index contributed by atoms with van der Waals surface area (Å²) in [7, 11) is 0. The minimum atomic E-state index is -1.34. The molecule has 0 aromatic heterocycles. The number of halogens is 2. The summed E-state index contributed by atoms with van der Waals surface area (Å²) in [6.45, 7) is 0.616. The number of rotatable bonds is 2. The lowest BCUT2D eigenvalue weighted by Crippen LogP contribution is -2.38. The molecular weight excluding hydrogens is 216 g/mol. The van der Waals surface area contributed by atoms with E-state index in [-0.39, 0.29) is 18.5 Å². The molecule has 1 heterocycles. The molecule has 1 aromatic rings. The van der Waals surface area contributed by atoms with Crippen LogP contribution in [0.25, 0.3) is 0 Å². The molecule has 16 heavy (non-hydrogen) atoms. The van der Waals surface area contributed by atoms with Crippen molar-refractivity contribution in [1.82, 2.24) is 5.32 Å². The van der Waals surface area contributed by atoms with E-state index in [4.69, 9.17) is 0 Å². The molecule has 0 bridgehead atoms. The second-order valence-corrected chi connectivity index (χ2v) is 3.94. The first-order valence-corrected chi connectivity index (χ1v) is 4.96. The highest BCUT2D eigenvalue weighted by Crippen LogP contribution is 2.33. The van der Waals surface area contributed by atoms with Crippen molar-refractivity contribution >= 4 is 5.97 Å². The first-order chi connectivity index (χ1) is 7.56. The lowest BCUT2D eigenvalue weighted by molar-refractivity contribution is -0.143. The summed E-state index contributed by atoms with van der Waals surface area (Å²) in [6.07, 6.45) is 0.267. The van der Waals surface area contributed by atoms with Crippen LogP contribution in [0.3, 0.4) is 0 Å². The predicted octanol–water partition coefficient (Wildman–Crippen LogP) is 1.28. The van der Waals surface area contributed by atoms with Crippen molar-refractivity contribution in [1.29, 1.82) is 0 Å². The number of hydrogen-bond donors (Lipinski definition) is 2. The van der Waals surface area contributed by atoms with Crippen LogP contribution in [0.1, 0.15) is 12.0 Å². The largest absolute Gasteiger partial charge is 0.481 e. The molecular formula is C11H11F2NO2. The molecule has 1 unspecified atom stereocenters. The van der Waals surface area contributed by atoms with E-state index in [1.165, 1.54) is 0 Å². The third kappa shape index (κ3) is 1.57. The second kappa shape index (κ2) is 3.83. The van der Waals surface area contributed by atoms with E-state index in [2.05, 4.69) is 5.32 Å². The Morgan fingerprint density at radius 1 is 1.44 bits per heavy atom. The van der Waals surface area contributed by atoms with Gasteiger partial charge in [0.15, 0.2) is 0 Å². The van der Waals surface area contributed by atoms with E-state index < -0.39 is 23.0 Å². The maximum atomic E-state index is 13.6. The van der Waals surface area contributed by atoms with Gasteiger partial charge in [-0.05, 0) is 31.2 Å². The summed E-state index contributed by atoms with van der Waals surface area (Å²) in [6, 6.07) is 2.92. The number of benzene rings is 1. The van der Waals surface area contributed by atoms with E-state index in [1.807, 2.05) is 0 Å². The molecule has 3 nitrogen and oxygen atoms in total. The van der Waals surface area contributed by atoms with E-state index in [0.717, 1.165) is 18.2 Å². The van der Waals surface area contributed by atoms with Crippen molar-refractivity contribution in [2.75, 3.05) is 13.1 Å². The lowest BCUT2D eigenvalue weighted by atomic mass is 9.79. The number of carboxylic acid groups (broad SMARTS) is 1. The summed E-state index contributed by atoms with van der Waals surface area (Å²) in [5.74, 6) is -2.42. The summed E-state index contributed by atoms with van der Waals surface area (Å²) >= 11 is 0. The van der Waals surface area contributed by atoms with Gasteiger partial charge < -0.3 is 10.4 Å². The highest BCUT2D eigenvalue weighted by Gasteiger charge is 2.45. The molecule has 1 atom stereocenters. The SMILES string of the molecule is O=C(O)C1(c2cc(F)ccc2F)CCNC1. The van der Waals surface area contributed by atoms with Gasteiger partial charge in [-0.1, -0.05) is 0 Å². The Bertz CT molecular complexity index is 428. The smallest absolute Gasteiger partial charge is 0.315 e. The molecule has 1 saturated heterocycles. The normalized spacial score (nSPS) is 24.6. The van der Waals surface area contributed by atoms with Gasteiger partial charge in [-0.25, -0.2) is 8.78 Å². The molecule has 5 heteroatoms. The van der Waals surface area contributed by atoms with Crippen molar-refractivity contribution in [3.8, 4) is 0 Å². The van der Waals surface area contributed by atoms with Crippen LogP contribution >= 0.6 is 0 Å². The van der Waals surface area contributed by atoms with Gasteiger partial charge in [0.05, 0.1) is 0 Å². The number of aliphatic carboxylic acids is 1. The van der Waals surface area contributed by atoms with E-state index in [0.29, 0.717) is 6.54 Å². The minimum absolute atomic E-state index is 0.0787. The fraction of sp³-hybridized carbons (Fsp3) is 0.364. The third-order valence-electron chi connectivity index (χ3n) is 3.01. The van der Waals surface area contributed by atoms with Crippen LogP contribution in [0, 0.1) is 11.6 Å². The molecule has 0 saturated carbocycles. The monoisotopic (exact) mass is 227 g/mol. The Balaban J connectivity index is 2.55. The highest BCUT2D eigenvalue weighted by atomic mass is 19.1. The molecule has 1 aliphatic heterocycles. The van der Waals surface area contributed by atoms with Crippen molar-refractivity contribution < 1.29 is 18.7 Å². The van der Waals surface area contributed by atoms with E-state index in [1.54, 1.807) is 0 Å². The first-order valence-electron chi connectivity index (χ1n) is 4.96. The van der Waals surface area contributed by atoms with Gasteiger partial charge in [-0.2, -0.15) is 0 Å². The number of hydrogen-bond acceptors (Lipinski definition) is 2. The fourth-order valence-corrected chi connectivity index (χ4v) is 2.08. The van der Waals surface area contributed by atoms with Crippen LogP contribution in [0.4, 0.5) is 8.78 Å². The van der Waals surface area contributed by atoms with Gasteiger partial charge in [-0.15, -0.1) is 0 Å². The number of carbonyl (C=O) groups is 1. The third-order valence-corrected chi connectivity index (χ3v) is 3.01. The van der Waals surface area contributed by atoms with Crippen molar-refractivity contribution in [2.24, 2.45) is 0 Å². The first kappa shape index (κ1) is 11.0. The Hall–Kier alpha value is -1.49. The predicted molar refractivity (Wildman–Crippen MR) is 53.2 cm³/mol. The van der Waals surface area contributed by atoms with Crippen LogP contribution in [-0.2, 0) is 10.2 Å². The maximum Gasteiger partial charge on any atom is 0.315 e. The molecule has 0 amide bonds. The van der Waals surface area contributed by atoms with Gasteiger partial charge >= 0.3 is 5.97 Å². The molecule has 0 aliphatic carbocycles. The summed E-state index contributed by atoms with van der Waals surface area (Å²) in [4.78, 5) is 11.3. The Morgan fingerprint density at radius 2 is 2.19 bits per heavy atom. The quantitative estimate of drug-likeness (QED) is 0.800. The average molecular weight is 227 g/mol. The topological polar surface area (TPSA) is 49.3 Å². The summed E-state index contributed by atoms with van der Waals surface area (Å²) in [5, 5.41) is 12.1. The zero-order valence-corrected chi connectivity index (χ0v) is 8.46. The van der Waals surface area contributed by atoms with Gasteiger partial charge in [-0.3, -0.25) is 4.79 Å². The fourth-order valence-electron chi connectivity index (χ4n) is 2.08. The number of nitrogens with one attached hydrogen (secondary N) is 1. The molecule has 0 radical (unpaired) electrons. The van der Waals surface area contributed by atoms with Crippen molar-refractivity contribution in [3.05, 3.63) is 35.4 Å². The van der Waals surface area contributed by atoms with Crippen LogP contribution in [0.15, 0.2) is 18.2 Å². The standard InChI is InChI=1S/C11H11F2NO2/c12-7-1-2-9(13)8(5-7)11(10(15)16)3-4-14-6-11/h1-2,5,14H,3-4,6H2,(H,15,16). The lowest BCUT2D eigenvalue weighted by Gasteiger charge is -2.23. The Labute approximate surface area is 91.1 Å². The molecule has 0 spiro atoms. The molecule has 1 aromatic carbocycles. The molecule has 1 aliphatic rings. The van der Waals surface area contributed by atoms with Crippen LogP contribution < -0.4 is 5.32 Å². The molecule has 2 N–H and O–H groups in total. The van der Waals surface area contributed by atoms with Crippen molar-refractivity contribution in [3.63, 3.8) is 0 Å². The summed E-state index contributed by atoms with van der Waals surface area (Å²) in [5.41, 5.74) is -1.42. The molecule has 86 valence electrons. The van der Waals surface area contributed by atoms with Gasteiger partial charge in [0, 0.05) is 12.1 Å². The number of carboxylic acids is 1.